The second-order valence-electron chi connectivity index (χ2n) is 5.37. The van der Waals surface area contributed by atoms with E-state index in [1.54, 1.807) is 0 Å². The van der Waals surface area contributed by atoms with Crippen molar-refractivity contribution in [1.82, 2.24) is 19.3 Å². The van der Waals surface area contributed by atoms with Crippen molar-refractivity contribution in [3.05, 3.63) is 18.3 Å². The Kier molecular flexibility index (Phi) is 3.48. The van der Waals surface area contributed by atoms with Crippen LogP contribution in [0.1, 0.15) is 13.3 Å². The van der Waals surface area contributed by atoms with Crippen molar-refractivity contribution < 1.29 is 4.74 Å². The van der Waals surface area contributed by atoms with E-state index in [1.165, 1.54) is 0 Å². The SMILES string of the molecule is C[C@H]1CN(c2nnc(-c3cccn3C)n2C)CCCO1. The molecule has 0 aromatic carbocycles. The summed E-state index contributed by atoms with van der Waals surface area (Å²) < 4.78 is 9.81. The molecule has 108 valence electrons. The fraction of sp³-hybridized carbons (Fsp3) is 0.571. The molecule has 0 saturated carbocycles. The van der Waals surface area contributed by atoms with Gasteiger partial charge in [-0.2, -0.15) is 0 Å². The lowest BCUT2D eigenvalue weighted by Gasteiger charge is -2.22. The molecular formula is C14H21N5O. The number of aryl methyl sites for hydroxylation is 1. The fourth-order valence-electron chi connectivity index (χ4n) is 2.69. The maximum atomic E-state index is 5.69. The van der Waals surface area contributed by atoms with Gasteiger partial charge in [0, 0.05) is 40.0 Å². The Hall–Kier alpha value is -1.82. The Morgan fingerprint density at radius 2 is 2.15 bits per heavy atom. The van der Waals surface area contributed by atoms with Gasteiger partial charge in [0.05, 0.1) is 11.8 Å². The molecule has 20 heavy (non-hydrogen) atoms. The van der Waals surface area contributed by atoms with E-state index in [0.717, 1.165) is 43.6 Å². The molecule has 6 nitrogen and oxygen atoms in total. The second kappa shape index (κ2) is 5.28. The number of hydrogen-bond donors (Lipinski definition) is 0. The van der Waals surface area contributed by atoms with E-state index in [-0.39, 0.29) is 6.10 Å². The molecule has 3 heterocycles. The maximum Gasteiger partial charge on any atom is 0.227 e. The summed E-state index contributed by atoms with van der Waals surface area (Å²) in [6.45, 7) is 4.75. The Labute approximate surface area is 119 Å². The molecule has 0 N–H and O–H groups in total. The average molecular weight is 275 g/mol. The van der Waals surface area contributed by atoms with Crippen LogP contribution in [-0.4, -0.2) is 45.1 Å². The van der Waals surface area contributed by atoms with E-state index in [1.807, 2.05) is 26.4 Å². The number of rotatable bonds is 2. The first-order valence-corrected chi connectivity index (χ1v) is 7.04. The quantitative estimate of drug-likeness (QED) is 0.832. The lowest BCUT2D eigenvalue weighted by atomic mass is 10.3. The van der Waals surface area contributed by atoms with Crippen LogP contribution in [0.15, 0.2) is 18.3 Å². The maximum absolute atomic E-state index is 5.69. The number of nitrogens with zero attached hydrogens (tertiary/aromatic N) is 5. The van der Waals surface area contributed by atoms with E-state index < -0.39 is 0 Å². The van der Waals surface area contributed by atoms with Crippen molar-refractivity contribution >= 4 is 5.95 Å². The van der Waals surface area contributed by atoms with Gasteiger partial charge < -0.3 is 14.2 Å². The third-order valence-electron chi connectivity index (χ3n) is 3.76. The van der Waals surface area contributed by atoms with Crippen LogP contribution in [0, 0.1) is 0 Å². The minimum Gasteiger partial charge on any atom is -0.377 e. The van der Waals surface area contributed by atoms with Crippen LogP contribution in [0.25, 0.3) is 11.5 Å². The molecule has 0 radical (unpaired) electrons. The molecule has 2 aromatic rings. The highest BCUT2D eigenvalue weighted by molar-refractivity contribution is 5.54. The fourth-order valence-corrected chi connectivity index (χ4v) is 2.69. The summed E-state index contributed by atoms with van der Waals surface area (Å²) in [5.41, 5.74) is 1.07. The zero-order chi connectivity index (χ0) is 14.1. The number of ether oxygens (including phenoxy) is 1. The summed E-state index contributed by atoms with van der Waals surface area (Å²) >= 11 is 0. The van der Waals surface area contributed by atoms with Gasteiger partial charge in [0.1, 0.15) is 0 Å². The van der Waals surface area contributed by atoms with Gasteiger partial charge in [-0.1, -0.05) is 0 Å². The van der Waals surface area contributed by atoms with Crippen molar-refractivity contribution in [2.24, 2.45) is 14.1 Å². The van der Waals surface area contributed by atoms with Crippen molar-refractivity contribution in [1.29, 1.82) is 0 Å². The third-order valence-corrected chi connectivity index (χ3v) is 3.76. The molecular weight excluding hydrogens is 254 g/mol. The molecule has 1 aliphatic rings. The van der Waals surface area contributed by atoms with E-state index >= 15 is 0 Å². The van der Waals surface area contributed by atoms with Crippen molar-refractivity contribution in [3.8, 4) is 11.5 Å². The lowest BCUT2D eigenvalue weighted by molar-refractivity contribution is 0.0820. The highest BCUT2D eigenvalue weighted by Gasteiger charge is 2.21. The number of anilines is 1. The van der Waals surface area contributed by atoms with Gasteiger partial charge in [0.15, 0.2) is 5.82 Å². The second-order valence-corrected chi connectivity index (χ2v) is 5.37. The molecule has 1 saturated heterocycles. The van der Waals surface area contributed by atoms with Crippen LogP contribution >= 0.6 is 0 Å². The molecule has 1 atom stereocenters. The van der Waals surface area contributed by atoms with Crippen LogP contribution in [-0.2, 0) is 18.8 Å². The van der Waals surface area contributed by atoms with Gasteiger partial charge in [-0.25, -0.2) is 0 Å². The Morgan fingerprint density at radius 3 is 2.90 bits per heavy atom. The first kappa shape index (κ1) is 13.2. The van der Waals surface area contributed by atoms with E-state index in [9.17, 15) is 0 Å². The molecule has 0 unspecified atom stereocenters. The van der Waals surface area contributed by atoms with Gasteiger partial charge in [-0.3, -0.25) is 4.57 Å². The summed E-state index contributed by atoms with van der Waals surface area (Å²) in [6, 6.07) is 4.08. The Balaban J connectivity index is 1.92. The van der Waals surface area contributed by atoms with Crippen molar-refractivity contribution in [2.75, 3.05) is 24.6 Å². The van der Waals surface area contributed by atoms with Crippen LogP contribution < -0.4 is 4.90 Å². The summed E-state index contributed by atoms with van der Waals surface area (Å²) in [4.78, 5) is 2.26. The molecule has 6 heteroatoms. The largest absolute Gasteiger partial charge is 0.377 e. The van der Waals surface area contributed by atoms with Gasteiger partial charge >= 0.3 is 0 Å². The van der Waals surface area contributed by atoms with Crippen LogP contribution in [0.2, 0.25) is 0 Å². The molecule has 1 fully saturated rings. The minimum absolute atomic E-state index is 0.229. The molecule has 0 spiro atoms. The summed E-state index contributed by atoms with van der Waals surface area (Å²) in [6.07, 6.45) is 3.27. The smallest absolute Gasteiger partial charge is 0.227 e. The summed E-state index contributed by atoms with van der Waals surface area (Å²) in [7, 11) is 4.04. The topological polar surface area (TPSA) is 48.1 Å². The first-order chi connectivity index (χ1) is 9.66. The van der Waals surface area contributed by atoms with Crippen molar-refractivity contribution in [3.63, 3.8) is 0 Å². The summed E-state index contributed by atoms with van der Waals surface area (Å²) in [5, 5.41) is 8.74. The highest BCUT2D eigenvalue weighted by Crippen LogP contribution is 2.22. The standard InChI is InChI=1S/C14H21N5O/c1-11-10-19(8-5-9-20-11)14-16-15-13(18(14)3)12-6-4-7-17(12)2/h4,6-7,11H,5,8-10H2,1-3H3/t11-/m0/s1. The van der Waals surface area contributed by atoms with E-state index in [0.29, 0.717) is 0 Å². The average Bonchev–Trinajstić information content (AvgIpc) is 2.92. The van der Waals surface area contributed by atoms with Crippen LogP contribution in [0.3, 0.4) is 0 Å². The number of aromatic nitrogens is 4. The van der Waals surface area contributed by atoms with Gasteiger partial charge in [-0.05, 0) is 25.5 Å². The zero-order valence-electron chi connectivity index (χ0n) is 12.3. The lowest BCUT2D eigenvalue weighted by Crippen LogP contribution is -2.32. The molecule has 1 aliphatic heterocycles. The predicted octanol–water partition coefficient (Wildman–Crippen LogP) is 1.44. The zero-order valence-corrected chi connectivity index (χ0v) is 12.3. The molecule has 0 bridgehead atoms. The van der Waals surface area contributed by atoms with Gasteiger partial charge in [-0.15, -0.1) is 10.2 Å². The molecule has 2 aromatic heterocycles. The first-order valence-electron chi connectivity index (χ1n) is 7.04. The van der Waals surface area contributed by atoms with Crippen LogP contribution in [0.5, 0.6) is 0 Å². The minimum atomic E-state index is 0.229. The normalized spacial score (nSPS) is 20.1. The summed E-state index contributed by atoms with van der Waals surface area (Å²) in [5.74, 6) is 1.81. The van der Waals surface area contributed by atoms with E-state index in [2.05, 4.69) is 37.2 Å². The molecule has 3 rings (SSSR count). The Bertz CT molecular complexity index is 588. The molecule has 0 amide bonds. The predicted molar refractivity (Wildman–Crippen MR) is 77.7 cm³/mol. The molecule has 0 aliphatic carbocycles. The van der Waals surface area contributed by atoms with Crippen LogP contribution in [0.4, 0.5) is 5.95 Å². The van der Waals surface area contributed by atoms with E-state index in [4.69, 9.17) is 4.74 Å². The van der Waals surface area contributed by atoms with Gasteiger partial charge in [0.2, 0.25) is 5.95 Å². The third kappa shape index (κ3) is 2.31. The number of hydrogen-bond acceptors (Lipinski definition) is 4. The van der Waals surface area contributed by atoms with Crippen molar-refractivity contribution in [2.45, 2.75) is 19.4 Å². The van der Waals surface area contributed by atoms with Gasteiger partial charge in [0.25, 0.3) is 0 Å². The Morgan fingerprint density at radius 1 is 1.30 bits per heavy atom. The highest BCUT2D eigenvalue weighted by atomic mass is 16.5. The monoisotopic (exact) mass is 275 g/mol.